The molecule has 1 saturated heterocycles. The van der Waals surface area contributed by atoms with Crippen LogP contribution in [0.15, 0.2) is 24.3 Å². The fourth-order valence-corrected chi connectivity index (χ4v) is 4.83. The van der Waals surface area contributed by atoms with Gasteiger partial charge in [0.2, 0.25) is 0 Å². The van der Waals surface area contributed by atoms with E-state index >= 15 is 0 Å². The number of likely N-dealkylation sites (N-methyl/N-ethyl adjacent to an activating group) is 1. The fourth-order valence-electron chi connectivity index (χ4n) is 4.70. The molecule has 1 atom stereocenters. The van der Waals surface area contributed by atoms with Gasteiger partial charge in [-0.25, -0.2) is 0 Å². The van der Waals surface area contributed by atoms with Gasteiger partial charge in [0.25, 0.3) is 0 Å². The van der Waals surface area contributed by atoms with Gasteiger partial charge in [0, 0.05) is 5.02 Å². The predicted octanol–water partition coefficient (Wildman–Crippen LogP) is 4.35. The van der Waals surface area contributed by atoms with Crippen LogP contribution in [0.4, 0.5) is 0 Å². The monoisotopic (exact) mass is 307 g/mol. The van der Waals surface area contributed by atoms with E-state index in [0.717, 1.165) is 49.4 Å². The molecule has 21 heavy (non-hydrogen) atoms. The molecule has 1 aromatic carbocycles. The van der Waals surface area contributed by atoms with Crippen molar-refractivity contribution in [2.45, 2.75) is 63.0 Å². The molecular formula is C18H26ClNO. The first kappa shape index (κ1) is 15.3. The lowest BCUT2D eigenvalue weighted by Gasteiger charge is -2.59. The number of hydrogen-bond donors (Lipinski definition) is 1. The minimum atomic E-state index is -0.730. The number of aliphatic hydroxyl groups is 1. The molecule has 0 aromatic heterocycles. The zero-order valence-electron chi connectivity index (χ0n) is 12.9. The van der Waals surface area contributed by atoms with Crippen LogP contribution < -0.4 is 0 Å². The second kappa shape index (κ2) is 5.91. The summed E-state index contributed by atoms with van der Waals surface area (Å²) < 4.78 is 0. The minimum absolute atomic E-state index is 0.0773. The van der Waals surface area contributed by atoms with Crippen LogP contribution in [0.2, 0.25) is 5.02 Å². The fraction of sp³-hybridized carbons (Fsp3) is 0.667. The molecule has 1 unspecified atom stereocenters. The molecule has 2 nitrogen and oxygen atoms in total. The van der Waals surface area contributed by atoms with Gasteiger partial charge in [0.15, 0.2) is 0 Å². The van der Waals surface area contributed by atoms with E-state index in [0.29, 0.717) is 0 Å². The third-order valence-electron chi connectivity index (χ3n) is 5.73. The third kappa shape index (κ3) is 2.42. The summed E-state index contributed by atoms with van der Waals surface area (Å²) in [6.07, 6.45) is 7.91. The second-order valence-corrected chi connectivity index (χ2v) is 7.08. The Morgan fingerprint density at radius 1 is 1.05 bits per heavy atom. The van der Waals surface area contributed by atoms with Gasteiger partial charge in [-0.15, -0.1) is 0 Å². The van der Waals surface area contributed by atoms with Gasteiger partial charge in [-0.2, -0.15) is 0 Å². The summed E-state index contributed by atoms with van der Waals surface area (Å²) in [5.74, 6) is 0. The van der Waals surface area contributed by atoms with Crippen LogP contribution in [0.25, 0.3) is 0 Å². The van der Waals surface area contributed by atoms with Gasteiger partial charge in [0.1, 0.15) is 5.60 Å². The van der Waals surface area contributed by atoms with Gasteiger partial charge in [-0.3, -0.25) is 4.90 Å². The Morgan fingerprint density at radius 2 is 1.71 bits per heavy atom. The van der Waals surface area contributed by atoms with Crippen LogP contribution in [0, 0.1) is 0 Å². The highest BCUT2D eigenvalue weighted by Gasteiger charge is 2.56. The summed E-state index contributed by atoms with van der Waals surface area (Å²) in [7, 11) is 0. The molecule has 1 heterocycles. The Kier molecular flexibility index (Phi) is 4.31. The Hall–Kier alpha value is -0.570. The highest BCUT2D eigenvalue weighted by molar-refractivity contribution is 6.30. The van der Waals surface area contributed by atoms with Gasteiger partial charge >= 0.3 is 0 Å². The minimum Gasteiger partial charge on any atom is -0.383 e. The maximum Gasteiger partial charge on any atom is 0.108 e. The number of halogens is 1. The Morgan fingerprint density at radius 3 is 2.33 bits per heavy atom. The molecule has 116 valence electrons. The van der Waals surface area contributed by atoms with Crippen molar-refractivity contribution in [1.29, 1.82) is 0 Å². The van der Waals surface area contributed by atoms with Crippen molar-refractivity contribution in [1.82, 2.24) is 4.90 Å². The number of hydrogen-bond acceptors (Lipinski definition) is 2. The molecule has 2 aliphatic rings. The standard InChI is InChI=1S/C18H26ClNO/c1-2-20-14-6-13-18(21,15-7-9-16(19)10-8-15)17(20)11-4-3-5-12-17/h7-10,21H,2-6,11-14H2,1H3. The van der Waals surface area contributed by atoms with Gasteiger partial charge < -0.3 is 5.11 Å². The summed E-state index contributed by atoms with van der Waals surface area (Å²) in [6, 6.07) is 7.88. The van der Waals surface area contributed by atoms with E-state index in [1.807, 2.05) is 24.3 Å². The third-order valence-corrected chi connectivity index (χ3v) is 5.98. The van der Waals surface area contributed by atoms with Crippen LogP contribution in [-0.4, -0.2) is 28.6 Å². The first-order valence-electron chi connectivity index (χ1n) is 8.36. The van der Waals surface area contributed by atoms with Gasteiger partial charge in [0.05, 0.1) is 5.54 Å². The molecule has 1 N–H and O–H groups in total. The summed E-state index contributed by atoms with van der Waals surface area (Å²) in [5.41, 5.74) is 0.241. The largest absolute Gasteiger partial charge is 0.383 e. The lowest BCUT2D eigenvalue weighted by atomic mass is 9.62. The highest BCUT2D eigenvalue weighted by atomic mass is 35.5. The van der Waals surface area contributed by atoms with Crippen molar-refractivity contribution < 1.29 is 5.11 Å². The molecule has 2 fully saturated rings. The molecule has 1 aromatic rings. The van der Waals surface area contributed by atoms with E-state index in [-0.39, 0.29) is 5.54 Å². The SMILES string of the molecule is CCN1CCCC(O)(c2ccc(Cl)cc2)C12CCCCC2. The van der Waals surface area contributed by atoms with E-state index in [1.165, 1.54) is 19.3 Å². The predicted molar refractivity (Wildman–Crippen MR) is 87.6 cm³/mol. The van der Waals surface area contributed by atoms with Crippen LogP contribution in [0.1, 0.15) is 57.4 Å². The van der Waals surface area contributed by atoms with Gasteiger partial charge in [-0.1, -0.05) is 49.9 Å². The summed E-state index contributed by atoms with van der Waals surface area (Å²) in [6.45, 7) is 4.37. The van der Waals surface area contributed by atoms with Crippen molar-refractivity contribution in [2.24, 2.45) is 0 Å². The second-order valence-electron chi connectivity index (χ2n) is 6.64. The van der Waals surface area contributed by atoms with Crippen molar-refractivity contribution in [3.05, 3.63) is 34.9 Å². The van der Waals surface area contributed by atoms with Gasteiger partial charge in [-0.05, 0) is 56.5 Å². The normalized spacial score (nSPS) is 29.7. The summed E-state index contributed by atoms with van der Waals surface area (Å²) in [4.78, 5) is 2.55. The quantitative estimate of drug-likeness (QED) is 0.878. The highest BCUT2D eigenvalue weighted by Crippen LogP contribution is 2.51. The average molecular weight is 308 g/mol. The molecule has 1 saturated carbocycles. The van der Waals surface area contributed by atoms with E-state index < -0.39 is 5.60 Å². The number of rotatable bonds is 2. The van der Waals surface area contributed by atoms with Crippen molar-refractivity contribution >= 4 is 11.6 Å². The van der Waals surface area contributed by atoms with Crippen LogP contribution in [0.3, 0.4) is 0 Å². The van der Waals surface area contributed by atoms with E-state index in [9.17, 15) is 5.11 Å². The van der Waals surface area contributed by atoms with Crippen molar-refractivity contribution in [2.75, 3.05) is 13.1 Å². The lowest BCUT2D eigenvalue weighted by molar-refractivity contribution is -0.165. The zero-order chi connectivity index (χ0) is 14.9. The topological polar surface area (TPSA) is 23.5 Å². The number of nitrogens with zero attached hydrogens (tertiary/aromatic N) is 1. The molecule has 1 aliphatic carbocycles. The molecule has 0 bridgehead atoms. The molecule has 0 radical (unpaired) electrons. The van der Waals surface area contributed by atoms with Crippen molar-refractivity contribution in [3.63, 3.8) is 0 Å². The number of benzene rings is 1. The number of likely N-dealkylation sites (tertiary alicyclic amines) is 1. The smallest absolute Gasteiger partial charge is 0.108 e. The summed E-state index contributed by atoms with van der Waals surface area (Å²) in [5, 5.41) is 12.5. The van der Waals surface area contributed by atoms with Crippen LogP contribution >= 0.6 is 11.6 Å². The van der Waals surface area contributed by atoms with Crippen molar-refractivity contribution in [3.8, 4) is 0 Å². The molecule has 0 amide bonds. The zero-order valence-corrected chi connectivity index (χ0v) is 13.7. The maximum atomic E-state index is 11.7. The van der Waals surface area contributed by atoms with Crippen LogP contribution in [0.5, 0.6) is 0 Å². The molecule has 3 heteroatoms. The summed E-state index contributed by atoms with van der Waals surface area (Å²) >= 11 is 6.04. The average Bonchev–Trinajstić information content (AvgIpc) is 2.52. The molecule has 1 aliphatic heterocycles. The Balaban J connectivity index is 2.05. The maximum absolute atomic E-state index is 11.7. The van der Waals surface area contributed by atoms with E-state index in [4.69, 9.17) is 11.6 Å². The first-order chi connectivity index (χ1) is 10.1. The lowest BCUT2D eigenvalue weighted by Crippen LogP contribution is -2.66. The molecule has 1 spiro atoms. The Bertz CT molecular complexity index is 480. The molecular weight excluding hydrogens is 282 g/mol. The Labute approximate surface area is 133 Å². The van der Waals surface area contributed by atoms with E-state index in [1.54, 1.807) is 0 Å². The van der Waals surface area contributed by atoms with E-state index in [2.05, 4.69) is 11.8 Å². The van der Waals surface area contributed by atoms with Crippen LogP contribution in [-0.2, 0) is 5.60 Å². The first-order valence-corrected chi connectivity index (χ1v) is 8.74. The molecule has 3 rings (SSSR count). The number of piperidine rings is 1.